The summed E-state index contributed by atoms with van der Waals surface area (Å²) in [6.07, 6.45) is 3.01. The topological polar surface area (TPSA) is 46.3 Å². The summed E-state index contributed by atoms with van der Waals surface area (Å²) in [5.41, 5.74) is 6.40. The molecule has 0 radical (unpaired) electrons. The average Bonchev–Trinajstić information content (AvgIpc) is 2.26. The molecular weight excluding hydrogens is 220 g/mol. The Hall–Kier alpha value is -1.00. The van der Waals surface area contributed by atoms with E-state index in [1.54, 1.807) is 11.8 Å². The number of nitrogens with zero attached hydrogens (tertiary/aromatic N) is 1. The summed E-state index contributed by atoms with van der Waals surface area (Å²) in [5.74, 6) is -0.278. The molecule has 0 fully saturated rings. The molecular formula is C12H18N2OS. The van der Waals surface area contributed by atoms with Crippen molar-refractivity contribution in [3.63, 3.8) is 0 Å². The molecule has 4 heteroatoms. The van der Waals surface area contributed by atoms with E-state index in [1.165, 1.54) is 10.5 Å². The van der Waals surface area contributed by atoms with Crippen LogP contribution in [0.5, 0.6) is 0 Å². The van der Waals surface area contributed by atoms with Gasteiger partial charge in [-0.15, -0.1) is 11.8 Å². The average molecular weight is 238 g/mol. The van der Waals surface area contributed by atoms with Gasteiger partial charge in [0.2, 0.25) is 5.91 Å². The molecule has 0 saturated carbocycles. The van der Waals surface area contributed by atoms with Crippen molar-refractivity contribution in [3.8, 4) is 0 Å². The second-order valence-electron chi connectivity index (χ2n) is 3.80. The molecule has 0 unspecified atom stereocenters. The van der Waals surface area contributed by atoms with E-state index in [4.69, 9.17) is 5.73 Å². The standard InChI is InChI=1S/C12H18N2OS/c1-14(9-12(13)15)8-7-10-3-5-11(16-2)6-4-10/h3-6H,7-9H2,1-2H3,(H2,13,15). The molecule has 1 amide bonds. The van der Waals surface area contributed by atoms with Crippen LogP contribution in [0.25, 0.3) is 0 Å². The first-order chi connectivity index (χ1) is 7.61. The lowest BCUT2D eigenvalue weighted by molar-refractivity contribution is -0.118. The predicted octanol–water partition coefficient (Wildman–Crippen LogP) is 1.37. The van der Waals surface area contributed by atoms with E-state index < -0.39 is 0 Å². The van der Waals surface area contributed by atoms with Crippen LogP contribution < -0.4 is 5.73 Å². The van der Waals surface area contributed by atoms with Gasteiger partial charge in [-0.25, -0.2) is 0 Å². The van der Waals surface area contributed by atoms with Crippen molar-refractivity contribution in [2.24, 2.45) is 5.73 Å². The Bertz CT molecular complexity index is 337. The Morgan fingerprint density at radius 2 is 2.00 bits per heavy atom. The van der Waals surface area contributed by atoms with Gasteiger partial charge in [0, 0.05) is 11.4 Å². The second-order valence-corrected chi connectivity index (χ2v) is 4.68. The molecule has 0 aliphatic carbocycles. The van der Waals surface area contributed by atoms with Crippen molar-refractivity contribution >= 4 is 17.7 Å². The summed E-state index contributed by atoms with van der Waals surface area (Å²) in [6, 6.07) is 8.50. The summed E-state index contributed by atoms with van der Waals surface area (Å²) in [4.78, 5) is 13.9. The number of hydrogen-bond donors (Lipinski definition) is 1. The van der Waals surface area contributed by atoms with Gasteiger partial charge in [0.25, 0.3) is 0 Å². The van der Waals surface area contributed by atoms with Gasteiger partial charge >= 0.3 is 0 Å². The van der Waals surface area contributed by atoms with Gasteiger partial charge in [0.1, 0.15) is 0 Å². The summed E-state index contributed by atoms with van der Waals surface area (Å²) < 4.78 is 0. The van der Waals surface area contributed by atoms with E-state index in [1.807, 2.05) is 11.9 Å². The molecule has 0 bridgehead atoms. The van der Waals surface area contributed by atoms with Crippen molar-refractivity contribution in [1.82, 2.24) is 4.90 Å². The molecule has 0 saturated heterocycles. The summed E-state index contributed by atoms with van der Waals surface area (Å²) in [6.45, 7) is 1.17. The molecule has 0 aliphatic heterocycles. The normalized spacial score (nSPS) is 10.7. The van der Waals surface area contributed by atoms with Crippen LogP contribution in [0.3, 0.4) is 0 Å². The van der Waals surface area contributed by atoms with E-state index in [9.17, 15) is 4.79 Å². The highest BCUT2D eigenvalue weighted by atomic mass is 32.2. The number of rotatable bonds is 6. The van der Waals surface area contributed by atoms with Gasteiger partial charge in [-0.2, -0.15) is 0 Å². The molecule has 0 atom stereocenters. The number of carbonyl (C=O) groups excluding carboxylic acids is 1. The van der Waals surface area contributed by atoms with Crippen molar-refractivity contribution < 1.29 is 4.79 Å². The van der Waals surface area contributed by atoms with Crippen molar-refractivity contribution in [1.29, 1.82) is 0 Å². The Labute approximate surface area is 101 Å². The monoisotopic (exact) mass is 238 g/mol. The molecule has 2 N–H and O–H groups in total. The Balaban J connectivity index is 2.39. The van der Waals surface area contributed by atoms with Crippen LogP contribution in [0.15, 0.2) is 29.2 Å². The lowest BCUT2D eigenvalue weighted by Crippen LogP contribution is -2.32. The van der Waals surface area contributed by atoms with E-state index >= 15 is 0 Å². The summed E-state index contributed by atoms with van der Waals surface area (Å²) >= 11 is 1.74. The van der Waals surface area contributed by atoms with Gasteiger partial charge in [-0.1, -0.05) is 12.1 Å². The van der Waals surface area contributed by atoms with Gasteiger partial charge in [-0.05, 0) is 37.4 Å². The maximum Gasteiger partial charge on any atom is 0.231 e. The first-order valence-corrected chi connectivity index (χ1v) is 6.44. The predicted molar refractivity (Wildman–Crippen MR) is 68.6 cm³/mol. The largest absolute Gasteiger partial charge is 0.369 e. The van der Waals surface area contributed by atoms with Crippen LogP contribution in [0.1, 0.15) is 5.56 Å². The smallest absolute Gasteiger partial charge is 0.231 e. The number of likely N-dealkylation sites (N-methyl/N-ethyl adjacent to an activating group) is 1. The van der Waals surface area contributed by atoms with Crippen LogP contribution in [-0.4, -0.2) is 37.2 Å². The minimum absolute atomic E-state index is 0.278. The second kappa shape index (κ2) is 6.55. The van der Waals surface area contributed by atoms with Crippen LogP contribution in [-0.2, 0) is 11.2 Å². The maximum absolute atomic E-state index is 10.7. The van der Waals surface area contributed by atoms with E-state index in [0.717, 1.165) is 13.0 Å². The molecule has 3 nitrogen and oxygen atoms in total. The minimum Gasteiger partial charge on any atom is -0.369 e. The van der Waals surface area contributed by atoms with Crippen LogP contribution in [0.2, 0.25) is 0 Å². The fourth-order valence-electron chi connectivity index (χ4n) is 1.46. The number of carbonyl (C=O) groups is 1. The van der Waals surface area contributed by atoms with Crippen LogP contribution >= 0.6 is 11.8 Å². The van der Waals surface area contributed by atoms with Crippen LogP contribution in [0.4, 0.5) is 0 Å². The fourth-order valence-corrected chi connectivity index (χ4v) is 1.87. The van der Waals surface area contributed by atoms with E-state index in [0.29, 0.717) is 6.54 Å². The Kier molecular flexibility index (Phi) is 5.35. The van der Waals surface area contributed by atoms with Gasteiger partial charge in [0.05, 0.1) is 6.54 Å². The zero-order chi connectivity index (χ0) is 12.0. The zero-order valence-corrected chi connectivity index (χ0v) is 10.6. The van der Waals surface area contributed by atoms with Gasteiger partial charge < -0.3 is 5.73 Å². The third-order valence-electron chi connectivity index (χ3n) is 2.37. The maximum atomic E-state index is 10.7. The number of primary amides is 1. The van der Waals surface area contributed by atoms with Crippen molar-refractivity contribution in [2.75, 3.05) is 26.4 Å². The van der Waals surface area contributed by atoms with Crippen LogP contribution in [0, 0.1) is 0 Å². The molecule has 88 valence electrons. The minimum atomic E-state index is -0.278. The third-order valence-corrected chi connectivity index (χ3v) is 3.11. The SMILES string of the molecule is CSc1ccc(CCN(C)CC(N)=O)cc1. The quantitative estimate of drug-likeness (QED) is 0.761. The van der Waals surface area contributed by atoms with Gasteiger partial charge in [-0.3, -0.25) is 9.69 Å². The molecule has 0 spiro atoms. The van der Waals surface area contributed by atoms with Crippen molar-refractivity contribution in [2.45, 2.75) is 11.3 Å². The third kappa shape index (κ3) is 4.68. The fraction of sp³-hybridized carbons (Fsp3) is 0.417. The molecule has 0 heterocycles. The number of nitrogens with two attached hydrogens (primary N) is 1. The lowest BCUT2D eigenvalue weighted by Gasteiger charge is -2.14. The number of amides is 1. The Morgan fingerprint density at radius 1 is 1.38 bits per heavy atom. The highest BCUT2D eigenvalue weighted by Crippen LogP contribution is 2.15. The zero-order valence-electron chi connectivity index (χ0n) is 9.77. The number of hydrogen-bond acceptors (Lipinski definition) is 3. The lowest BCUT2D eigenvalue weighted by atomic mass is 10.1. The molecule has 0 aromatic heterocycles. The number of benzene rings is 1. The van der Waals surface area contributed by atoms with Crippen molar-refractivity contribution in [3.05, 3.63) is 29.8 Å². The first-order valence-electron chi connectivity index (χ1n) is 5.21. The molecule has 1 aromatic carbocycles. The van der Waals surface area contributed by atoms with Gasteiger partial charge in [0.15, 0.2) is 0 Å². The highest BCUT2D eigenvalue weighted by molar-refractivity contribution is 7.98. The first kappa shape index (κ1) is 13.1. The summed E-state index contributed by atoms with van der Waals surface area (Å²) in [7, 11) is 1.90. The van der Waals surface area contributed by atoms with E-state index in [2.05, 4.69) is 30.5 Å². The Morgan fingerprint density at radius 3 is 2.50 bits per heavy atom. The highest BCUT2D eigenvalue weighted by Gasteiger charge is 2.02. The molecule has 16 heavy (non-hydrogen) atoms. The molecule has 1 rings (SSSR count). The molecule has 1 aromatic rings. The number of thioether (sulfide) groups is 1. The van der Waals surface area contributed by atoms with E-state index in [-0.39, 0.29) is 5.91 Å². The summed E-state index contributed by atoms with van der Waals surface area (Å²) in [5, 5.41) is 0. The molecule has 0 aliphatic rings.